The Morgan fingerprint density at radius 3 is 2.29 bits per heavy atom. The Morgan fingerprint density at radius 1 is 1.21 bits per heavy atom. The molecule has 1 saturated carbocycles. The zero-order chi connectivity index (χ0) is 10.0. The lowest BCUT2D eigenvalue weighted by atomic mass is 9.65. The molecule has 0 amide bonds. The van der Waals surface area contributed by atoms with E-state index in [9.17, 15) is 5.11 Å². The number of nitrogens with one attached hydrogen (secondary N) is 1. The molecular weight excluding hydrogens is 174 g/mol. The Bertz CT molecular complexity index is 179. The minimum atomic E-state index is -0.118. The standard InChI is InChI=1S/C12H23NO/c1-10(14)12(6-8-13-9-7-12)11-4-2-3-5-11/h10-11,13-14H,2-9H2,1H3. The fourth-order valence-corrected chi connectivity index (χ4v) is 3.56. The number of hydrogen-bond donors (Lipinski definition) is 2. The van der Waals surface area contributed by atoms with Crippen LogP contribution in [-0.4, -0.2) is 24.3 Å². The first-order valence-electron chi connectivity index (χ1n) is 6.14. The molecule has 1 unspecified atom stereocenters. The predicted octanol–water partition coefficient (Wildman–Crippen LogP) is 1.93. The monoisotopic (exact) mass is 197 g/mol. The quantitative estimate of drug-likeness (QED) is 0.709. The third-order valence-corrected chi connectivity index (χ3v) is 4.53. The molecule has 0 aromatic heterocycles. The van der Waals surface area contributed by atoms with Gasteiger partial charge in [-0.15, -0.1) is 0 Å². The lowest BCUT2D eigenvalue weighted by Crippen LogP contribution is -2.47. The third-order valence-electron chi connectivity index (χ3n) is 4.53. The van der Waals surface area contributed by atoms with Gasteiger partial charge in [-0.2, -0.15) is 0 Å². The largest absolute Gasteiger partial charge is 0.393 e. The molecule has 1 aliphatic heterocycles. The van der Waals surface area contributed by atoms with Crippen LogP contribution in [0.2, 0.25) is 0 Å². The molecule has 0 aromatic rings. The van der Waals surface area contributed by atoms with Gasteiger partial charge >= 0.3 is 0 Å². The van der Waals surface area contributed by atoms with Crippen LogP contribution >= 0.6 is 0 Å². The van der Waals surface area contributed by atoms with E-state index in [0.29, 0.717) is 0 Å². The molecule has 2 nitrogen and oxygen atoms in total. The van der Waals surface area contributed by atoms with E-state index in [0.717, 1.165) is 19.0 Å². The summed E-state index contributed by atoms with van der Waals surface area (Å²) in [6, 6.07) is 0. The average Bonchev–Trinajstić information content (AvgIpc) is 2.72. The van der Waals surface area contributed by atoms with Crippen molar-refractivity contribution in [2.24, 2.45) is 11.3 Å². The number of hydrogen-bond acceptors (Lipinski definition) is 2. The number of aliphatic hydroxyl groups is 1. The number of piperidine rings is 1. The minimum absolute atomic E-state index is 0.118. The summed E-state index contributed by atoms with van der Waals surface area (Å²) >= 11 is 0. The first kappa shape index (κ1) is 10.4. The third kappa shape index (κ3) is 1.70. The van der Waals surface area contributed by atoms with Gasteiger partial charge in [-0.05, 0) is 51.6 Å². The maximum absolute atomic E-state index is 10.1. The molecule has 2 rings (SSSR count). The molecule has 0 aromatic carbocycles. The second-order valence-corrected chi connectivity index (χ2v) is 5.14. The van der Waals surface area contributed by atoms with Gasteiger partial charge in [-0.3, -0.25) is 0 Å². The zero-order valence-corrected chi connectivity index (χ0v) is 9.26. The molecule has 1 atom stereocenters. The van der Waals surface area contributed by atoms with Crippen molar-refractivity contribution in [1.29, 1.82) is 0 Å². The van der Waals surface area contributed by atoms with E-state index in [4.69, 9.17) is 0 Å². The van der Waals surface area contributed by atoms with Crippen LogP contribution in [-0.2, 0) is 0 Å². The number of aliphatic hydroxyl groups excluding tert-OH is 1. The van der Waals surface area contributed by atoms with Crippen molar-refractivity contribution in [2.75, 3.05) is 13.1 Å². The molecule has 2 fully saturated rings. The molecule has 1 heterocycles. The fourth-order valence-electron chi connectivity index (χ4n) is 3.56. The van der Waals surface area contributed by atoms with Crippen LogP contribution in [0.25, 0.3) is 0 Å². The van der Waals surface area contributed by atoms with Gasteiger partial charge in [0.1, 0.15) is 0 Å². The summed E-state index contributed by atoms with van der Waals surface area (Å²) < 4.78 is 0. The van der Waals surface area contributed by atoms with Gasteiger partial charge in [-0.25, -0.2) is 0 Å². The van der Waals surface area contributed by atoms with Crippen LogP contribution in [0.4, 0.5) is 0 Å². The second kappa shape index (κ2) is 4.19. The molecule has 1 aliphatic carbocycles. The van der Waals surface area contributed by atoms with Crippen LogP contribution in [0.1, 0.15) is 45.4 Å². The highest BCUT2D eigenvalue weighted by molar-refractivity contribution is 4.95. The van der Waals surface area contributed by atoms with Crippen LogP contribution in [0, 0.1) is 11.3 Å². The van der Waals surface area contributed by atoms with Gasteiger partial charge in [0.2, 0.25) is 0 Å². The van der Waals surface area contributed by atoms with Gasteiger partial charge in [0.05, 0.1) is 6.10 Å². The maximum atomic E-state index is 10.1. The lowest BCUT2D eigenvalue weighted by Gasteiger charge is -2.45. The van der Waals surface area contributed by atoms with Gasteiger partial charge in [0.25, 0.3) is 0 Å². The van der Waals surface area contributed by atoms with Gasteiger partial charge < -0.3 is 10.4 Å². The first-order valence-corrected chi connectivity index (χ1v) is 6.14. The molecule has 82 valence electrons. The summed E-state index contributed by atoms with van der Waals surface area (Å²) in [6.07, 6.45) is 7.70. The highest BCUT2D eigenvalue weighted by Gasteiger charge is 2.44. The molecule has 2 heteroatoms. The smallest absolute Gasteiger partial charge is 0.0571 e. The highest BCUT2D eigenvalue weighted by atomic mass is 16.3. The summed E-state index contributed by atoms with van der Waals surface area (Å²) in [6.45, 7) is 4.20. The van der Waals surface area contributed by atoms with Gasteiger partial charge in [0, 0.05) is 5.41 Å². The Balaban J connectivity index is 2.11. The lowest BCUT2D eigenvalue weighted by molar-refractivity contribution is -0.0311. The minimum Gasteiger partial charge on any atom is -0.393 e. The van der Waals surface area contributed by atoms with Crippen molar-refractivity contribution in [3.05, 3.63) is 0 Å². The molecule has 0 radical (unpaired) electrons. The van der Waals surface area contributed by atoms with E-state index in [2.05, 4.69) is 5.32 Å². The molecule has 0 spiro atoms. The summed E-state index contributed by atoms with van der Waals surface area (Å²) in [5, 5.41) is 13.5. The van der Waals surface area contributed by atoms with E-state index in [-0.39, 0.29) is 11.5 Å². The van der Waals surface area contributed by atoms with Crippen molar-refractivity contribution in [3.8, 4) is 0 Å². The Kier molecular flexibility index (Phi) is 3.13. The van der Waals surface area contributed by atoms with Crippen LogP contribution in [0.15, 0.2) is 0 Å². The van der Waals surface area contributed by atoms with Crippen molar-refractivity contribution in [3.63, 3.8) is 0 Å². The Hall–Kier alpha value is -0.0800. The molecular formula is C12H23NO. The van der Waals surface area contributed by atoms with Crippen LogP contribution < -0.4 is 5.32 Å². The van der Waals surface area contributed by atoms with Crippen LogP contribution in [0.3, 0.4) is 0 Å². The SMILES string of the molecule is CC(O)C1(C2CCCC2)CCNCC1. The Labute approximate surface area is 87.1 Å². The highest BCUT2D eigenvalue weighted by Crippen LogP contribution is 2.47. The van der Waals surface area contributed by atoms with Crippen molar-refractivity contribution >= 4 is 0 Å². The predicted molar refractivity (Wildman–Crippen MR) is 58.2 cm³/mol. The van der Waals surface area contributed by atoms with Crippen molar-refractivity contribution in [2.45, 2.75) is 51.6 Å². The van der Waals surface area contributed by atoms with E-state index < -0.39 is 0 Å². The van der Waals surface area contributed by atoms with E-state index in [1.54, 1.807) is 0 Å². The molecule has 2 N–H and O–H groups in total. The van der Waals surface area contributed by atoms with Crippen molar-refractivity contribution < 1.29 is 5.11 Å². The molecule has 14 heavy (non-hydrogen) atoms. The summed E-state index contributed by atoms with van der Waals surface area (Å²) in [7, 11) is 0. The zero-order valence-electron chi connectivity index (χ0n) is 9.26. The molecule has 1 saturated heterocycles. The normalized spacial score (nSPS) is 30.4. The molecule has 0 bridgehead atoms. The maximum Gasteiger partial charge on any atom is 0.0571 e. The van der Waals surface area contributed by atoms with Gasteiger partial charge in [0.15, 0.2) is 0 Å². The fraction of sp³-hybridized carbons (Fsp3) is 1.00. The van der Waals surface area contributed by atoms with E-state index in [1.807, 2.05) is 6.92 Å². The van der Waals surface area contributed by atoms with Gasteiger partial charge in [-0.1, -0.05) is 12.8 Å². The Morgan fingerprint density at radius 2 is 1.79 bits per heavy atom. The second-order valence-electron chi connectivity index (χ2n) is 5.14. The average molecular weight is 197 g/mol. The summed E-state index contributed by atoms with van der Waals surface area (Å²) in [5.74, 6) is 0.796. The summed E-state index contributed by atoms with van der Waals surface area (Å²) in [5.41, 5.74) is 0.252. The first-order chi connectivity index (χ1) is 6.76. The van der Waals surface area contributed by atoms with Crippen molar-refractivity contribution in [1.82, 2.24) is 5.32 Å². The topological polar surface area (TPSA) is 32.3 Å². The number of rotatable bonds is 2. The van der Waals surface area contributed by atoms with E-state index >= 15 is 0 Å². The van der Waals surface area contributed by atoms with Crippen LogP contribution in [0.5, 0.6) is 0 Å². The molecule has 2 aliphatic rings. The van der Waals surface area contributed by atoms with E-state index in [1.165, 1.54) is 38.5 Å². The summed E-state index contributed by atoms with van der Waals surface area (Å²) in [4.78, 5) is 0.